The van der Waals surface area contributed by atoms with Crippen molar-refractivity contribution < 1.29 is 17.9 Å². The number of pyridine rings is 1. The van der Waals surface area contributed by atoms with E-state index in [0.29, 0.717) is 38.7 Å². The van der Waals surface area contributed by atoms with Crippen molar-refractivity contribution in [3.05, 3.63) is 54.4 Å². The molecule has 122 valence electrons. The summed E-state index contributed by atoms with van der Waals surface area (Å²) < 4.78 is 37.2. The van der Waals surface area contributed by atoms with E-state index >= 15 is 0 Å². The summed E-state index contributed by atoms with van der Waals surface area (Å²) in [4.78, 5) is 4.44. The lowest BCUT2D eigenvalue weighted by atomic mass is 10.3. The summed E-state index contributed by atoms with van der Waals surface area (Å²) in [7, 11) is -3.46. The van der Waals surface area contributed by atoms with Gasteiger partial charge in [0.25, 0.3) is 0 Å². The minimum Gasteiger partial charge on any atom is -0.487 e. The highest BCUT2D eigenvalue weighted by Gasteiger charge is 2.26. The molecule has 0 amide bonds. The second-order valence-corrected chi connectivity index (χ2v) is 7.04. The summed E-state index contributed by atoms with van der Waals surface area (Å²) >= 11 is 0. The van der Waals surface area contributed by atoms with Gasteiger partial charge in [0.2, 0.25) is 10.0 Å². The molecule has 0 saturated carbocycles. The van der Waals surface area contributed by atoms with Gasteiger partial charge in [-0.25, -0.2) is 8.42 Å². The number of hydrogen-bond acceptors (Lipinski definition) is 5. The standard InChI is InChI=1S/C16H18N2O4S/c19-23(20,18-9-11-21-12-10-18)16-6-4-15(5-7-16)22-13-14-3-1-2-8-17-14/h1-8H,9-13H2. The van der Waals surface area contributed by atoms with Crippen LogP contribution in [0.2, 0.25) is 0 Å². The lowest BCUT2D eigenvalue weighted by molar-refractivity contribution is 0.0730. The van der Waals surface area contributed by atoms with Gasteiger partial charge in [-0.3, -0.25) is 4.98 Å². The van der Waals surface area contributed by atoms with Crippen LogP contribution < -0.4 is 4.74 Å². The molecule has 0 N–H and O–H groups in total. The summed E-state index contributed by atoms with van der Waals surface area (Å²) in [6, 6.07) is 12.1. The molecule has 0 bridgehead atoms. The Morgan fingerprint density at radius 3 is 2.48 bits per heavy atom. The van der Waals surface area contributed by atoms with Crippen LogP contribution >= 0.6 is 0 Å². The molecule has 1 aromatic heterocycles. The minimum atomic E-state index is -3.46. The largest absolute Gasteiger partial charge is 0.487 e. The molecule has 1 saturated heterocycles. The van der Waals surface area contributed by atoms with Crippen LogP contribution in [0.5, 0.6) is 5.75 Å². The molecule has 1 fully saturated rings. The van der Waals surface area contributed by atoms with Crippen LogP contribution in [0.4, 0.5) is 0 Å². The quantitative estimate of drug-likeness (QED) is 0.832. The van der Waals surface area contributed by atoms with Gasteiger partial charge in [0.1, 0.15) is 12.4 Å². The van der Waals surface area contributed by atoms with Gasteiger partial charge in [-0.05, 0) is 36.4 Å². The van der Waals surface area contributed by atoms with E-state index in [9.17, 15) is 8.42 Å². The highest BCUT2D eigenvalue weighted by Crippen LogP contribution is 2.21. The normalized spacial score (nSPS) is 16.2. The van der Waals surface area contributed by atoms with E-state index in [1.54, 1.807) is 30.5 Å². The van der Waals surface area contributed by atoms with Crippen LogP contribution in [0.3, 0.4) is 0 Å². The average molecular weight is 334 g/mol. The summed E-state index contributed by atoms with van der Waals surface area (Å²) in [6.45, 7) is 1.99. The SMILES string of the molecule is O=S(=O)(c1ccc(OCc2ccccn2)cc1)N1CCOCC1. The molecule has 0 aliphatic carbocycles. The maximum absolute atomic E-state index is 12.5. The third-order valence-electron chi connectivity index (χ3n) is 3.54. The van der Waals surface area contributed by atoms with E-state index in [1.165, 1.54) is 4.31 Å². The molecule has 0 radical (unpaired) electrons. The van der Waals surface area contributed by atoms with Crippen molar-refractivity contribution in [3.63, 3.8) is 0 Å². The lowest BCUT2D eigenvalue weighted by Crippen LogP contribution is -2.40. The molecule has 3 rings (SSSR count). The van der Waals surface area contributed by atoms with Gasteiger partial charge >= 0.3 is 0 Å². The van der Waals surface area contributed by atoms with Crippen LogP contribution in [0.15, 0.2) is 53.6 Å². The number of hydrogen-bond donors (Lipinski definition) is 0. The number of rotatable bonds is 5. The van der Waals surface area contributed by atoms with E-state index in [4.69, 9.17) is 9.47 Å². The van der Waals surface area contributed by atoms with Gasteiger partial charge in [0.15, 0.2) is 0 Å². The monoisotopic (exact) mass is 334 g/mol. The van der Waals surface area contributed by atoms with Crippen molar-refractivity contribution in [1.82, 2.24) is 9.29 Å². The molecular weight excluding hydrogens is 316 g/mol. The highest BCUT2D eigenvalue weighted by atomic mass is 32.2. The number of nitrogens with zero attached hydrogens (tertiary/aromatic N) is 2. The lowest BCUT2D eigenvalue weighted by Gasteiger charge is -2.26. The number of ether oxygens (including phenoxy) is 2. The first-order valence-electron chi connectivity index (χ1n) is 7.37. The fourth-order valence-corrected chi connectivity index (χ4v) is 3.69. The maximum Gasteiger partial charge on any atom is 0.243 e. The topological polar surface area (TPSA) is 68.7 Å². The molecule has 1 aliphatic rings. The first-order chi connectivity index (χ1) is 11.2. The summed E-state index contributed by atoms with van der Waals surface area (Å²) in [5.74, 6) is 0.608. The summed E-state index contributed by atoms with van der Waals surface area (Å²) in [6.07, 6.45) is 1.71. The predicted molar refractivity (Wildman–Crippen MR) is 84.6 cm³/mol. The zero-order chi connectivity index (χ0) is 16.1. The van der Waals surface area contributed by atoms with Crippen LogP contribution in [-0.4, -0.2) is 44.0 Å². The van der Waals surface area contributed by atoms with Crippen LogP contribution in [0, 0.1) is 0 Å². The molecule has 0 atom stereocenters. The second kappa shape index (κ2) is 7.08. The Kier molecular flexibility index (Phi) is 4.90. The van der Waals surface area contributed by atoms with Crippen LogP contribution in [-0.2, 0) is 21.4 Å². The highest BCUT2D eigenvalue weighted by molar-refractivity contribution is 7.89. The van der Waals surface area contributed by atoms with Gasteiger partial charge in [0.05, 0.1) is 23.8 Å². The first-order valence-corrected chi connectivity index (χ1v) is 8.81. The van der Waals surface area contributed by atoms with Crippen molar-refractivity contribution in [2.45, 2.75) is 11.5 Å². The van der Waals surface area contributed by atoms with Gasteiger partial charge < -0.3 is 9.47 Å². The third kappa shape index (κ3) is 3.87. The molecule has 6 nitrogen and oxygen atoms in total. The number of morpholine rings is 1. The Balaban J connectivity index is 1.66. The Bertz CT molecular complexity index is 726. The third-order valence-corrected chi connectivity index (χ3v) is 5.46. The van der Waals surface area contributed by atoms with E-state index < -0.39 is 10.0 Å². The molecule has 1 aromatic carbocycles. The average Bonchev–Trinajstić information content (AvgIpc) is 2.62. The van der Waals surface area contributed by atoms with E-state index in [1.807, 2.05) is 18.2 Å². The van der Waals surface area contributed by atoms with Crippen LogP contribution in [0.1, 0.15) is 5.69 Å². The van der Waals surface area contributed by atoms with Gasteiger partial charge in [0, 0.05) is 19.3 Å². The van der Waals surface area contributed by atoms with Gasteiger partial charge in [-0.1, -0.05) is 6.07 Å². The molecular formula is C16H18N2O4S. The molecule has 1 aliphatic heterocycles. The van der Waals surface area contributed by atoms with Crippen LogP contribution in [0.25, 0.3) is 0 Å². The molecule has 7 heteroatoms. The maximum atomic E-state index is 12.5. The first kappa shape index (κ1) is 15.9. The Morgan fingerprint density at radius 2 is 1.83 bits per heavy atom. The number of aromatic nitrogens is 1. The zero-order valence-electron chi connectivity index (χ0n) is 12.6. The molecule has 0 unspecified atom stereocenters. The van der Waals surface area contributed by atoms with E-state index in [-0.39, 0.29) is 4.90 Å². The Hall–Kier alpha value is -1.96. The molecule has 23 heavy (non-hydrogen) atoms. The molecule has 2 heterocycles. The van der Waals surface area contributed by atoms with Crippen molar-refractivity contribution in [3.8, 4) is 5.75 Å². The summed E-state index contributed by atoms with van der Waals surface area (Å²) in [5, 5.41) is 0. The van der Waals surface area contributed by atoms with E-state index in [0.717, 1.165) is 5.69 Å². The summed E-state index contributed by atoms with van der Waals surface area (Å²) in [5.41, 5.74) is 0.817. The Labute approximate surface area is 135 Å². The minimum absolute atomic E-state index is 0.268. The van der Waals surface area contributed by atoms with Gasteiger partial charge in [-0.2, -0.15) is 4.31 Å². The molecule has 2 aromatic rings. The van der Waals surface area contributed by atoms with Crippen molar-refractivity contribution in [2.75, 3.05) is 26.3 Å². The van der Waals surface area contributed by atoms with Gasteiger partial charge in [-0.15, -0.1) is 0 Å². The fourth-order valence-electron chi connectivity index (χ4n) is 2.28. The zero-order valence-corrected chi connectivity index (χ0v) is 13.4. The number of sulfonamides is 1. The van der Waals surface area contributed by atoms with Crippen molar-refractivity contribution in [2.24, 2.45) is 0 Å². The Morgan fingerprint density at radius 1 is 1.09 bits per heavy atom. The van der Waals surface area contributed by atoms with E-state index in [2.05, 4.69) is 4.98 Å². The van der Waals surface area contributed by atoms with Crippen molar-refractivity contribution >= 4 is 10.0 Å². The second-order valence-electron chi connectivity index (χ2n) is 5.10. The smallest absolute Gasteiger partial charge is 0.243 e. The molecule has 0 spiro atoms. The fraction of sp³-hybridized carbons (Fsp3) is 0.312. The number of benzene rings is 1. The predicted octanol–water partition coefficient (Wildman–Crippen LogP) is 1.68. The van der Waals surface area contributed by atoms with Crippen molar-refractivity contribution in [1.29, 1.82) is 0 Å².